The molecule has 2 N–H and O–H groups in total. The normalized spacial score (nSPS) is 14.9. The second-order valence-electron chi connectivity index (χ2n) is 6.46. The lowest BCUT2D eigenvalue weighted by Crippen LogP contribution is -2.14. The van der Waals surface area contributed by atoms with E-state index in [0.29, 0.717) is 47.5 Å². The van der Waals surface area contributed by atoms with Crippen molar-refractivity contribution in [1.82, 2.24) is 9.97 Å². The van der Waals surface area contributed by atoms with E-state index in [4.69, 9.17) is 0 Å². The zero-order chi connectivity index (χ0) is 15.4. The zero-order valence-electron chi connectivity index (χ0n) is 13.5. The van der Waals surface area contributed by atoms with Crippen LogP contribution < -0.4 is 0 Å². The van der Waals surface area contributed by atoms with E-state index in [1.54, 1.807) is 0 Å². The van der Waals surface area contributed by atoms with Crippen LogP contribution in [0.3, 0.4) is 0 Å². The highest BCUT2D eigenvalue weighted by atomic mass is 16.3. The van der Waals surface area contributed by atoms with E-state index in [9.17, 15) is 10.2 Å². The number of aliphatic hydroxyl groups is 2. The van der Waals surface area contributed by atoms with Crippen LogP contribution in [0, 0.1) is 25.7 Å². The van der Waals surface area contributed by atoms with E-state index >= 15 is 0 Å². The van der Waals surface area contributed by atoms with Gasteiger partial charge in [0.1, 0.15) is 0 Å². The first kappa shape index (κ1) is 17.1. The summed E-state index contributed by atoms with van der Waals surface area (Å²) >= 11 is 0. The molecular weight excluding hydrogens is 252 g/mol. The quantitative estimate of drug-likeness (QED) is 0.839. The zero-order valence-corrected chi connectivity index (χ0v) is 13.5. The van der Waals surface area contributed by atoms with E-state index < -0.39 is 12.2 Å². The summed E-state index contributed by atoms with van der Waals surface area (Å²) in [6.45, 7) is 12.0. The maximum Gasteiger partial charge on any atom is 0.0980 e. The smallest absolute Gasteiger partial charge is 0.0980 e. The maximum absolute atomic E-state index is 10.2. The molecule has 1 heterocycles. The largest absolute Gasteiger partial charge is 0.387 e. The lowest BCUT2D eigenvalue weighted by Gasteiger charge is -2.19. The molecule has 4 nitrogen and oxygen atoms in total. The number of rotatable bonds is 6. The fourth-order valence-electron chi connectivity index (χ4n) is 2.39. The van der Waals surface area contributed by atoms with Gasteiger partial charge in [0, 0.05) is 0 Å². The van der Waals surface area contributed by atoms with Gasteiger partial charge >= 0.3 is 0 Å². The molecule has 114 valence electrons. The highest BCUT2D eigenvalue weighted by Crippen LogP contribution is 2.26. The molecule has 0 fully saturated rings. The van der Waals surface area contributed by atoms with E-state index in [-0.39, 0.29) is 0 Å². The van der Waals surface area contributed by atoms with Crippen molar-refractivity contribution in [2.45, 2.75) is 66.6 Å². The number of aromatic nitrogens is 2. The Labute approximate surface area is 122 Å². The van der Waals surface area contributed by atoms with Crippen molar-refractivity contribution >= 4 is 0 Å². The second-order valence-corrected chi connectivity index (χ2v) is 6.46. The molecule has 0 saturated carbocycles. The van der Waals surface area contributed by atoms with Crippen molar-refractivity contribution in [1.29, 1.82) is 0 Å². The minimum Gasteiger partial charge on any atom is -0.387 e. The SMILES string of the molecule is Cc1nc([C@@H](O)CC(C)C)c(C)nc1[C@@H](O)CC(C)C. The van der Waals surface area contributed by atoms with Gasteiger partial charge in [-0.15, -0.1) is 0 Å². The molecule has 0 aliphatic carbocycles. The van der Waals surface area contributed by atoms with Crippen LogP contribution in [0.25, 0.3) is 0 Å². The molecule has 2 atom stereocenters. The van der Waals surface area contributed by atoms with Gasteiger partial charge in [0.2, 0.25) is 0 Å². The summed E-state index contributed by atoms with van der Waals surface area (Å²) in [5.41, 5.74) is 2.69. The Morgan fingerprint density at radius 1 is 0.750 bits per heavy atom. The minimum absolute atomic E-state index is 0.401. The molecule has 1 aromatic heterocycles. The first-order chi connectivity index (χ1) is 9.22. The van der Waals surface area contributed by atoms with Gasteiger partial charge in [-0.3, -0.25) is 9.97 Å². The van der Waals surface area contributed by atoms with Crippen LogP contribution >= 0.6 is 0 Å². The standard InChI is InChI=1S/C16H28N2O2/c1-9(2)7-13(19)15-11(5)18-16(12(6)17-15)14(20)8-10(3)4/h9-10,13-14,19-20H,7-8H2,1-6H3/t13-,14-/m0/s1. The predicted molar refractivity (Wildman–Crippen MR) is 80.3 cm³/mol. The lowest BCUT2D eigenvalue weighted by molar-refractivity contribution is 0.138. The Hall–Kier alpha value is -1.00. The topological polar surface area (TPSA) is 66.2 Å². The van der Waals surface area contributed by atoms with Crippen LogP contribution in [0.4, 0.5) is 0 Å². The monoisotopic (exact) mass is 280 g/mol. The molecule has 0 unspecified atom stereocenters. The average Bonchev–Trinajstić information content (AvgIpc) is 2.29. The summed E-state index contributed by atoms with van der Waals surface area (Å²) in [6, 6.07) is 0. The Morgan fingerprint density at radius 2 is 1.05 bits per heavy atom. The van der Waals surface area contributed by atoms with Crippen LogP contribution in [0.2, 0.25) is 0 Å². The molecule has 0 radical (unpaired) electrons. The molecule has 0 spiro atoms. The first-order valence-corrected chi connectivity index (χ1v) is 7.43. The maximum atomic E-state index is 10.2. The number of hydrogen-bond acceptors (Lipinski definition) is 4. The fourth-order valence-corrected chi connectivity index (χ4v) is 2.39. The molecule has 4 heteroatoms. The summed E-state index contributed by atoms with van der Waals surface area (Å²) in [4.78, 5) is 8.96. The number of hydrogen-bond donors (Lipinski definition) is 2. The van der Waals surface area contributed by atoms with Gasteiger partial charge < -0.3 is 10.2 Å². The fraction of sp³-hybridized carbons (Fsp3) is 0.750. The molecule has 20 heavy (non-hydrogen) atoms. The molecule has 0 aliphatic heterocycles. The van der Waals surface area contributed by atoms with Gasteiger partial charge in [-0.1, -0.05) is 27.7 Å². The van der Waals surface area contributed by atoms with Gasteiger partial charge in [-0.05, 0) is 38.5 Å². The van der Waals surface area contributed by atoms with Gasteiger partial charge in [0.05, 0.1) is 35.0 Å². The van der Waals surface area contributed by atoms with Crippen LogP contribution in [0.15, 0.2) is 0 Å². The third-order valence-corrected chi connectivity index (χ3v) is 3.34. The predicted octanol–water partition coefficient (Wildman–Crippen LogP) is 3.25. The molecule has 1 aromatic rings. The van der Waals surface area contributed by atoms with Crippen molar-refractivity contribution in [2.24, 2.45) is 11.8 Å². The molecule has 1 rings (SSSR count). The van der Waals surface area contributed by atoms with Crippen LogP contribution in [0.5, 0.6) is 0 Å². The molecular formula is C16H28N2O2. The minimum atomic E-state index is -0.586. The number of aliphatic hydroxyl groups excluding tert-OH is 2. The van der Waals surface area contributed by atoms with Crippen LogP contribution in [-0.2, 0) is 0 Å². The second kappa shape index (κ2) is 7.14. The third kappa shape index (κ3) is 4.53. The summed E-state index contributed by atoms with van der Waals surface area (Å²) in [6.07, 6.45) is 0.168. The van der Waals surface area contributed by atoms with Gasteiger partial charge in [0.15, 0.2) is 0 Å². The van der Waals surface area contributed by atoms with Gasteiger partial charge in [0.25, 0.3) is 0 Å². The lowest BCUT2D eigenvalue weighted by atomic mass is 10.00. The Morgan fingerprint density at radius 3 is 1.30 bits per heavy atom. The highest BCUT2D eigenvalue weighted by Gasteiger charge is 2.20. The van der Waals surface area contributed by atoms with Crippen molar-refractivity contribution in [3.05, 3.63) is 22.8 Å². The molecule has 0 bridgehead atoms. The van der Waals surface area contributed by atoms with Crippen molar-refractivity contribution in [2.75, 3.05) is 0 Å². The Bertz CT molecular complexity index is 403. The molecule has 0 aliphatic rings. The molecule has 0 amide bonds. The van der Waals surface area contributed by atoms with Crippen molar-refractivity contribution < 1.29 is 10.2 Å². The first-order valence-electron chi connectivity index (χ1n) is 7.43. The highest BCUT2D eigenvalue weighted by molar-refractivity contribution is 5.22. The van der Waals surface area contributed by atoms with Gasteiger partial charge in [-0.2, -0.15) is 0 Å². The average molecular weight is 280 g/mol. The Kier molecular flexibility index (Phi) is 6.08. The van der Waals surface area contributed by atoms with Crippen LogP contribution in [0.1, 0.15) is 75.5 Å². The van der Waals surface area contributed by atoms with E-state index in [2.05, 4.69) is 37.7 Å². The summed E-state index contributed by atoms with van der Waals surface area (Å²) in [7, 11) is 0. The number of nitrogens with zero attached hydrogens (tertiary/aromatic N) is 2. The van der Waals surface area contributed by atoms with Crippen molar-refractivity contribution in [3.63, 3.8) is 0 Å². The summed E-state index contributed by atoms with van der Waals surface area (Å²) in [5, 5.41) is 20.4. The van der Waals surface area contributed by atoms with Gasteiger partial charge in [-0.25, -0.2) is 0 Å². The van der Waals surface area contributed by atoms with E-state index in [1.165, 1.54) is 0 Å². The van der Waals surface area contributed by atoms with Crippen LogP contribution in [-0.4, -0.2) is 20.2 Å². The molecule has 0 saturated heterocycles. The third-order valence-electron chi connectivity index (χ3n) is 3.34. The molecule has 0 aromatic carbocycles. The van der Waals surface area contributed by atoms with E-state index in [0.717, 1.165) is 0 Å². The summed E-state index contributed by atoms with van der Waals surface area (Å²) < 4.78 is 0. The Balaban J connectivity index is 3.02. The number of aryl methyl sites for hydroxylation is 2. The van der Waals surface area contributed by atoms with Crippen molar-refractivity contribution in [3.8, 4) is 0 Å². The van der Waals surface area contributed by atoms with E-state index in [1.807, 2.05) is 13.8 Å². The summed E-state index contributed by atoms with van der Waals surface area (Å²) in [5.74, 6) is 0.801.